The summed E-state index contributed by atoms with van der Waals surface area (Å²) in [5.74, 6) is -1.14. The van der Waals surface area contributed by atoms with Gasteiger partial charge in [-0.25, -0.2) is 4.79 Å². The van der Waals surface area contributed by atoms with Crippen molar-refractivity contribution in [2.24, 2.45) is 0 Å². The van der Waals surface area contributed by atoms with Gasteiger partial charge in [-0.2, -0.15) is 0 Å². The molecule has 0 saturated carbocycles. The first kappa shape index (κ1) is 16.3. The van der Waals surface area contributed by atoms with Gasteiger partial charge in [-0.3, -0.25) is 4.79 Å². The van der Waals surface area contributed by atoms with E-state index in [2.05, 4.69) is 5.32 Å². The number of halogens is 1. The fourth-order valence-electron chi connectivity index (χ4n) is 1.62. The SMILES string of the molecule is CCC[C@@H](NC(=O)C(C)Oc1ccccc1Cl)C(=O)O. The highest BCUT2D eigenvalue weighted by atomic mass is 35.5. The van der Waals surface area contributed by atoms with Crippen molar-refractivity contribution in [3.8, 4) is 5.75 Å². The van der Waals surface area contributed by atoms with Crippen LogP contribution in [0.15, 0.2) is 24.3 Å². The molecule has 0 aliphatic rings. The summed E-state index contributed by atoms with van der Waals surface area (Å²) in [6, 6.07) is 5.89. The van der Waals surface area contributed by atoms with Gasteiger partial charge in [0.1, 0.15) is 11.8 Å². The largest absolute Gasteiger partial charge is 0.480 e. The molecule has 2 N–H and O–H groups in total. The third-order valence-electron chi connectivity index (χ3n) is 2.70. The molecule has 1 aromatic rings. The summed E-state index contributed by atoms with van der Waals surface area (Å²) in [6.45, 7) is 3.40. The van der Waals surface area contributed by atoms with Crippen LogP contribution in [0.5, 0.6) is 5.75 Å². The molecule has 0 aliphatic carbocycles. The summed E-state index contributed by atoms with van der Waals surface area (Å²) in [5, 5.41) is 11.8. The van der Waals surface area contributed by atoms with E-state index in [0.29, 0.717) is 23.6 Å². The summed E-state index contributed by atoms with van der Waals surface area (Å²) in [6.07, 6.45) is 0.213. The highest BCUT2D eigenvalue weighted by molar-refractivity contribution is 6.32. The van der Waals surface area contributed by atoms with Crippen LogP contribution in [0.3, 0.4) is 0 Å². The van der Waals surface area contributed by atoms with Crippen molar-refractivity contribution in [1.82, 2.24) is 5.32 Å². The van der Waals surface area contributed by atoms with E-state index in [-0.39, 0.29) is 0 Å². The van der Waals surface area contributed by atoms with E-state index in [1.165, 1.54) is 0 Å². The zero-order chi connectivity index (χ0) is 15.1. The molecule has 0 aromatic heterocycles. The number of ether oxygens (including phenoxy) is 1. The van der Waals surface area contributed by atoms with Gasteiger partial charge in [0.05, 0.1) is 5.02 Å². The fourth-order valence-corrected chi connectivity index (χ4v) is 1.80. The Bertz CT molecular complexity index is 478. The van der Waals surface area contributed by atoms with E-state index in [1.807, 2.05) is 6.92 Å². The van der Waals surface area contributed by atoms with E-state index in [9.17, 15) is 9.59 Å². The number of carboxylic acid groups (broad SMARTS) is 1. The number of hydrogen-bond acceptors (Lipinski definition) is 3. The summed E-state index contributed by atoms with van der Waals surface area (Å²) in [7, 11) is 0. The highest BCUT2D eigenvalue weighted by Crippen LogP contribution is 2.24. The Labute approximate surface area is 122 Å². The second kappa shape index (κ2) is 7.75. The van der Waals surface area contributed by atoms with Crippen LogP contribution in [0.25, 0.3) is 0 Å². The number of nitrogens with one attached hydrogen (secondary N) is 1. The summed E-state index contributed by atoms with van der Waals surface area (Å²) in [4.78, 5) is 22.9. The summed E-state index contributed by atoms with van der Waals surface area (Å²) < 4.78 is 5.43. The van der Waals surface area contributed by atoms with Crippen LogP contribution in [0.1, 0.15) is 26.7 Å². The number of amides is 1. The van der Waals surface area contributed by atoms with Crippen molar-refractivity contribution >= 4 is 23.5 Å². The van der Waals surface area contributed by atoms with E-state index >= 15 is 0 Å². The molecule has 20 heavy (non-hydrogen) atoms. The first-order valence-corrected chi connectivity index (χ1v) is 6.77. The zero-order valence-corrected chi connectivity index (χ0v) is 12.2. The molecule has 0 spiro atoms. The van der Waals surface area contributed by atoms with Gasteiger partial charge in [0.2, 0.25) is 0 Å². The monoisotopic (exact) mass is 299 g/mol. The molecular weight excluding hydrogens is 282 g/mol. The first-order chi connectivity index (χ1) is 9.45. The molecule has 0 aliphatic heterocycles. The smallest absolute Gasteiger partial charge is 0.326 e. The van der Waals surface area contributed by atoms with Gasteiger partial charge in [0, 0.05) is 0 Å². The molecule has 5 nitrogen and oxygen atoms in total. The number of carbonyl (C=O) groups is 2. The van der Waals surface area contributed by atoms with Crippen molar-refractivity contribution < 1.29 is 19.4 Å². The topological polar surface area (TPSA) is 75.6 Å². The summed E-state index contributed by atoms with van der Waals surface area (Å²) in [5.41, 5.74) is 0. The van der Waals surface area contributed by atoms with Crippen LogP contribution in [-0.2, 0) is 9.59 Å². The molecule has 6 heteroatoms. The third-order valence-corrected chi connectivity index (χ3v) is 3.01. The van der Waals surface area contributed by atoms with E-state index < -0.39 is 24.0 Å². The molecule has 0 saturated heterocycles. The van der Waals surface area contributed by atoms with Crippen molar-refractivity contribution in [3.63, 3.8) is 0 Å². The van der Waals surface area contributed by atoms with Crippen LogP contribution in [0, 0.1) is 0 Å². The number of para-hydroxylation sites is 1. The van der Waals surface area contributed by atoms with Gasteiger partial charge in [0.15, 0.2) is 6.10 Å². The lowest BCUT2D eigenvalue weighted by atomic mass is 10.1. The van der Waals surface area contributed by atoms with Crippen molar-refractivity contribution in [3.05, 3.63) is 29.3 Å². The van der Waals surface area contributed by atoms with Crippen LogP contribution >= 0.6 is 11.6 Å². The minimum atomic E-state index is -1.05. The van der Waals surface area contributed by atoms with Crippen LogP contribution in [0.2, 0.25) is 5.02 Å². The Morgan fingerprint density at radius 3 is 2.60 bits per heavy atom. The van der Waals surface area contributed by atoms with Gasteiger partial charge in [0.25, 0.3) is 5.91 Å². The van der Waals surface area contributed by atoms with Crippen molar-refractivity contribution in [2.45, 2.75) is 38.8 Å². The quantitative estimate of drug-likeness (QED) is 0.811. The number of hydrogen-bond donors (Lipinski definition) is 2. The maximum atomic E-state index is 11.9. The standard InChI is InChI=1S/C14H18ClNO4/c1-3-6-11(14(18)19)16-13(17)9(2)20-12-8-5-4-7-10(12)15/h4-5,7-9,11H,3,6H2,1-2H3,(H,16,17)(H,18,19)/t9?,11-/m1/s1. The number of carbonyl (C=O) groups excluding carboxylic acids is 1. The number of aliphatic carboxylic acids is 1. The Hall–Kier alpha value is -1.75. The number of rotatable bonds is 7. The van der Waals surface area contributed by atoms with Crippen molar-refractivity contribution in [2.75, 3.05) is 0 Å². The van der Waals surface area contributed by atoms with E-state index in [4.69, 9.17) is 21.4 Å². The molecular formula is C14H18ClNO4. The minimum Gasteiger partial charge on any atom is -0.480 e. The van der Waals surface area contributed by atoms with Crippen LogP contribution < -0.4 is 10.1 Å². The zero-order valence-electron chi connectivity index (χ0n) is 11.4. The number of carboxylic acids is 1. The Morgan fingerprint density at radius 1 is 1.40 bits per heavy atom. The molecule has 0 radical (unpaired) electrons. The van der Waals surface area contributed by atoms with Gasteiger partial charge in [-0.1, -0.05) is 37.1 Å². The predicted octanol–water partition coefficient (Wildman–Crippen LogP) is 2.48. The maximum Gasteiger partial charge on any atom is 0.326 e. The molecule has 1 unspecified atom stereocenters. The van der Waals surface area contributed by atoms with Gasteiger partial charge in [-0.15, -0.1) is 0 Å². The molecule has 0 bridgehead atoms. The molecule has 1 rings (SSSR count). The third kappa shape index (κ3) is 4.74. The lowest BCUT2D eigenvalue weighted by molar-refractivity contribution is -0.143. The van der Waals surface area contributed by atoms with Gasteiger partial charge >= 0.3 is 5.97 Å². The first-order valence-electron chi connectivity index (χ1n) is 6.40. The minimum absolute atomic E-state index is 0.375. The maximum absolute atomic E-state index is 11.9. The summed E-state index contributed by atoms with van der Waals surface area (Å²) >= 11 is 5.93. The Balaban J connectivity index is 2.63. The lowest BCUT2D eigenvalue weighted by Gasteiger charge is -2.19. The van der Waals surface area contributed by atoms with Crippen LogP contribution in [0.4, 0.5) is 0 Å². The van der Waals surface area contributed by atoms with Gasteiger partial charge < -0.3 is 15.2 Å². The second-order valence-electron chi connectivity index (χ2n) is 4.38. The Morgan fingerprint density at radius 2 is 2.05 bits per heavy atom. The van der Waals surface area contributed by atoms with Crippen LogP contribution in [-0.4, -0.2) is 29.1 Å². The fraction of sp³-hybridized carbons (Fsp3) is 0.429. The average molecular weight is 300 g/mol. The molecule has 1 amide bonds. The lowest BCUT2D eigenvalue weighted by Crippen LogP contribution is -2.46. The highest BCUT2D eigenvalue weighted by Gasteiger charge is 2.23. The number of benzene rings is 1. The Kier molecular flexibility index (Phi) is 6.31. The molecule has 110 valence electrons. The molecule has 0 fully saturated rings. The predicted molar refractivity (Wildman–Crippen MR) is 76.0 cm³/mol. The van der Waals surface area contributed by atoms with E-state index in [0.717, 1.165) is 0 Å². The molecule has 1 aromatic carbocycles. The second-order valence-corrected chi connectivity index (χ2v) is 4.79. The van der Waals surface area contributed by atoms with Crippen molar-refractivity contribution in [1.29, 1.82) is 0 Å². The average Bonchev–Trinajstić information content (AvgIpc) is 2.40. The normalized spacial score (nSPS) is 13.3. The molecule has 2 atom stereocenters. The molecule has 0 heterocycles. The van der Waals surface area contributed by atoms with E-state index in [1.54, 1.807) is 31.2 Å². The van der Waals surface area contributed by atoms with Gasteiger partial charge in [-0.05, 0) is 25.5 Å².